The molecular weight excluding hydrogens is 670 g/mol. The van der Waals surface area contributed by atoms with E-state index in [0.29, 0.717) is 30.9 Å². The Labute approximate surface area is 288 Å². The van der Waals surface area contributed by atoms with Crippen LogP contribution in [0.2, 0.25) is 0 Å². The summed E-state index contributed by atoms with van der Waals surface area (Å²) >= 11 is 1.36. The fourth-order valence-electron chi connectivity index (χ4n) is 6.76. The summed E-state index contributed by atoms with van der Waals surface area (Å²) in [5, 5.41) is 6.40. The maximum atomic E-state index is 14.8. The van der Waals surface area contributed by atoms with E-state index in [9.17, 15) is 27.2 Å². The van der Waals surface area contributed by atoms with Crippen molar-refractivity contribution in [2.24, 2.45) is 5.92 Å². The van der Waals surface area contributed by atoms with Gasteiger partial charge in [-0.25, -0.2) is 17.8 Å². The minimum absolute atomic E-state index is 0.0670. The van der Waals surface area contributed by atoms with E-state index in [4.69, 9.17) is 4.74 Å². The quantitative estimate of drug-likeness (QED) is 0.301. The van der Waals surface area contributed by atoms with Gasteiger partial charge in [0.25, 0.3) is 11.1 Å². The highest BCUT2D eigenvalue weighted by Gasteiger charge is 2.63. The summed E-state index contributed by atoms with van der Waals surface area (Å²) in [5.74, 6) is -2.64. The van der Waals surface area contributed by atoms with Crippen molar-refractivity contribution in [1.82, 2.24) is 19.9 Å². The molecule has 2 saturated carbocycles. The van der Waals surface area contributed by atoms with Crippen molar-refractivity contribution < 1.29 is 31.9 Å². The van der Waals surface area contributed by atoms with Gasteiger partial charge < -0.3 is 20.3 Å². The monoisotopic (exact) mass is 709 g/mol. The molecule has 2 aliphatic heterocycles. The molecular formula is C35H40FN5O6S2. The standard InChI is InChI=1S/C35H40FN5O6S2/c1-34(17-18-34)49(45,46)40-32(44)35-20-22(35)11-5-3-2-4-6-15-27(37-25-13-8-7-12-24(25)36)31(43)41-21-23(19-28(41)30(42)39-35)47-33-38-26-14-9-10-16-29(26)48-33/h5,7-14,16,22-23,27-28,37H,2-4,6,15,17-21H2,1H3,(H,39,42)(H,40,44)/b11-5-/t22-,23+,27-,28-,35+/m0/s1. The SMILES string of the molecule is CC1(S(=O)(=O)NC(=O)[C@@]23C[C@@H]2/C=C\CCCCC[C@H](Nc2ccccc2F)C(=O)N2C[C@H](Oc4nc5ccccc5s4)C[C@H]2C(=O)N3)CC1. The molecule has 0 unspecified atom stereocenters. The number of hydrogen-bond donors (Lipinski definition) is 3. The Balaban J connectivity index is 1.19. The molecule has 2 aliphatic carbocycles. The number of fused-ring (bicyclic) bond motifs is 3. The molecule has 0 bridgehead atoms. The highest BCUT2D eigenvalue weighted by molar-refractivity contribution is 7.91. The molecule has 260 valence electrons. The van der Waals surface area contributed by atoms with Crippen LogP contribution in [0.25, 0.3) is 10.2 Å². The smallest absolute Gasteiger partial charge is 0.274 e. The van der Waals surface area contributed by atoms with E-state index in [1.54, 1.807) is 25.1 Å². The van der Waals surface area contributed by atoms with Crippen molar-refractivity contribution in [3.8, 4) is 5.19 Å². The number of amides is 3. The number of nitrogens with zero attached hydrogens (tertiary/aromatic N) is 2. The lowest BCUT2D eigenvalue weighted by Crippen LogP contribution is -2.58. The Morgan fingerprint density at radius 2 is 1.88 bits per heavy atom. The summed E-state index contributed by atoms with van der Waals surface area (Å²) in [4.78, 5) is 48.4. The van der Waals surface area contributed by atoms with Gasteiger partial charge in [-0.2, -0.15) is 0 Å². The minimum Gasteiger partial charge on any atom is -0.465 e. The van der Waals surface area contributed by atoms with Gasteiger partial charge in [0.15, 0.2) is 0 Å². The molecule has 3 fully saturated rings. The molecule has 3 N–H and O–H groups in total. The number of thiazole rings is 1. The van der Waals surface area contributed by atoms with Crippen LogP contribution in [0, 0.1) is 11.7 Å². The number of nitrogens with one attached hydrogen (secondary N) is 3. The highest BCUT2D eigenvalue weighted by Crippen LogP contribution is 2.47. The first-order valence-electron chi connectivity index (χ1n) is 16.9. The molecule has 4 aliphatic rings. The normalized spacial score (nSPS) is 29.1. The lowest BCUT2D eigenvalue weighted by Gasteiger charge is -2.30. The first-order chi connectivity index (χ1) is 23.5. The number of halogens is 1. The second-order valence-corrected chi connectivity index (χ2v) is 17.0. The summed E-state index contributed by atoms with van der Waals surface area (Å²) in [5.41, 5.74) is -0.516. The number of rotatable bonds is 7. The van der Waals surface area contributed by atoms with Gasteiger partial charge in [0.1, 0.15) is 29.5 Å². The van der Waals surface area contributed by atoms with Gasteiger partial charge in [-0.1, -0.05) is 60.6 Å². The number of aromatic nitrogens is 1. The Morgan fingerprint density at radius 1 is 1.10 bits per heavy atom. The van der Waals surface area contributed by atoms with Crippen LogP contribution in [0.15, 0.2) is 60.7 Å². The molecule has 7 rings (SSSR count). The average Bonchev–Trinajstić information content (AvgIpc) is 3.88. The van der Waals surface area contributed by atoms with Crippen LogP contribution in [0.3, 0.4) is 0 Å². The van der Waals surface area contributed by atoms with E-state index in [1.165, 1.54) is 22.3 Å². The molecule has 49 heavy (non-hydrogen) atoms. The van der Waals surface area contributed by atoms with Crippen molar-refractivity contribution in [1.29, 1.82) is 0 Å². The minimum atomic E-state index is -3.96. The Hall–Kier alpha value is -4.04. The molecule has 3 heterocycles. The van der Waals surface area contributed by atoms with E-state index >= 15 is 0 Å². The van der Waals surface area contributed by atoms with E-state index in [-0.39, 0.29) is 31.0 Å². The molecule has 11 nitrogen and oxygen atoms in total. The van der Waals surface area contributed by atoms with E-state index < -0.39 is 62.0 Å². The van der Waals surface area contributed by atoms with Crippen LogP contribution in [0.1, 0.15) is 64.7 Å². The van der Waals surface area contributed by atoms with Crippen molar-refractivity contribution in [2.75, 3.05) is 11.9 Å². The molecule has 2 aromatic carbocycles. The summed E-state index contributed by atoms with van der Waals surface area (Å²) < 4.78 is 49.4. The molecule has 0 radical (unpaired) electrons. The fraction of sp³-hybridized carbons (Fsp3) is 0.486. The number of ether oxygens (including phenoxy) is 1. The topological polar surface area (TPSA) is 147 Å². The maximum absolute atomic E-state index is 14.8. The van der Waals surface area contributed by atoms with Crippen LogP contribution in [0.5, 0.6) is 5.19 Å². The summed E-state index contributed by atoms with van der Waals surface area (Å²) in [7, 11) is -3.96. The predicted octanol–water partition coefficient (Wildman–Crippen LogP) is 4.66. The van der Waals surface area contributed by atoms with Crippen LogP contribution < -0.4 is 20.1 Å². The number of hydrogen-bond acceptors (Lipinski definition) is 9. The van der Waals surface area contributed by atoms with Gasteiger partial charge in [-0.3, -0.25) is 19.1 Å². The van der Waals surface area contributed by atoms with E-state index in [1.807, 2.05) is 36.4 Å². The van der Waals surface area contributed by atoms with E-state index in [0.717, 1.165) is 29.5 Å². The van der Waals surface area contributed by atoms with Gasteiger partial charge in [-0.05, 0) is 69.7 Å². The second-order valence-electron chi connectivity index (χ2n) is 13.8. The van der Waals surface area contributed by atoms with Gasteiger partial charge >= 0.3 is 0 Å². The number of benzene rings is 2. The first kappa shape index (κ1) is 33.5. The summed E-state index contributed by atoms with van der Waals surface area (Å²) in [6.07, 6.45) is 7.97. The number of carbonyl (C=O) groups excluding carboxylic acids is 3. The first-order valence-corrected chi connectivity index (χ1v) is 19.2. The zero-order valence-electron chi connectivity index (χ0n) is 27.2. The molecule has 0 spiro atoms. The van der Waals surface area contributed by atoms with Crippen molar-refractivity contribution in [2.45, 2.75) is 93.2 Å². The van der Waals surface area contributed by atoms with Gasteiger partial charge in [-0.15, -0.1) is 0 Å². The molecule has 1 aromatic heterocycles. The number of anilines is 1. The third kappa shape index (κ3) is 6.77. The van der Waals surface area contributed by atoms with Gasteiger partial charge in [0.05, 0.1) is 27.2 Å². The van der Waals surface area contributed by atoms with Crippen LogP contribution >= 0.6 is 11.3 Å². The third-order valence-electron chi connectivity index (χ3n) is 10.2. The zero-order valence-corrected chi connectivity index (χ0v) is 28.8. The fourth-order valence-corrected chi connectivity index (χ4v) is 8.95. The average molecular weight is 710 g/mol. The molecule has 3 amide bonds. The number of carbonyl (C=O) groups is 3. The Kier molecular flexibility index (Phi) is 8.89. The van der Waals surface area contributed by atoms with Crippen molar-refractivity contribution in [3.05, 3.63) is 66.5 Å². The van der Waals surface area contributed by atoms with Gasteiger partial charge in [0.2, 0.25) is 21.8 Å². The summed E-state index contributed by atoms with van der Waals surface area (Å²) in [6.45, 7) is 1.66. The Bertz CT molecular complexity index is 1880. The lowest BCUT2D eigenvalue weighted by molar-refractivity contribution is -0.140. The number of allylic oxidation sites excluding steroid dienone is 1. The molecule has 5 atom stereocenters. The number of sulfonamides is 1. The van der Waals surface area contributed by atoms with E-state index in [2.05, 4.69) is 20.3 Å². The predicted molar refractivity (Wildman–Crippen MR) is 184 cm³/mol. The largest absolute Gasteiger partial charge is 0.465 e. The lowest BCUT2D eigenvalue weighted by atomic mass is 10.0. The summed E-state index contributed by atoms with van der Waals surface area (Å²) in [6, 6.07) is 11.9. The third-order valence-corrected chi connectivity index (χ3v) is 13.3. The second kappa shape index (κ2) is 13.0. The van der Waals surface area contributed by atoms with Gasteiger partial charge in [0, 0.05) is 12.3 Å². The van der Waals surface area contributed by atoms with Crippen LogP contribution in [-0.2, 0) is 24.4 Å². The van der Waals surface area contributed by atoms with Crippen LogP contribution in [-0.4, -0.2) is 71.0 Å². The van der Waals surface area contributed by atoms with Crippen LogP contribution in [0.4, 0.5) is 10.1 Å². The Morgan fingerprint density at radius 3 is 2.65 bits per heavy atom. The molecule has 14 heteroatoms. The number of para-hydroxylation sites is 2. The highest BCUT2D eigenvalue weighted by atomic mass is 32.2. The molecule has 1 saturated heterocycles. The molecule has 3 aromatic rings. The van der Waals surface area contributed by atoms with Crippen molar-refractivity contribution >= 4 is 55.0 Å². The van der Waals surface area contributed by atoms with Crippen molar-refractivity contribution in [3.63, 3.8) is 0 Å². The zero-order chi connectivity index (χ0) is 34.4. The maximum Gasteiger partial charge on any atom is 0.274 e.